The molecule has 108 valence electrons. The second kappa shape index (κ2) is 6.31. The summed E-state index contributed by atoms with van der Waals surface area (Å²) < 4.78 is 4.96. The summed E-state index contributed by atoms with van der Waals surface area (Å²) in [7, 11) is 0. The molecular weight excluding hydrogens is 266 g/mol. The number of hydrogen-bond donors (Lipinski definition) is 0. The third kappa shape index (κ3) is 3.75. The molecule has 0 saturated carbocycles. The van der Waals surface area contributed by atoms with Crippen LogP contribution in [0, 0.1) is 0 Å². The summed E-state index contributed by atoms with van der Waals surface area (Å²) in [5.74, 6) is -1.04. The molecule has 0 saturated heterocycles. The lowest BCUT2D eigenvalue weighted by Crippen LogP contribution is -2.20. The van der Waals surface area contributed by atoms with Crippen LogP contribution in [0.15, 0.2) is 48.7 Å². The number of hydrogen-bond acceptors (Lipinski definition) is 4. The quantitative estimate of drug-likeness (QED) is 0.366. The molecule has 2 aromatic rings. The Morgan fingerprint density at radius 3 is 2.57 bits per heavy atom. The van der Waals surface area contributed by atoms with Gasteiger partial charge in [0.2, 0.25) is 0 Å². The number of rotatable bonds is 5. The molecule has 1 aromatic heterocycles. The SMILES string of the molecule is C=C(C(=O)Cc1cc2ccccc2cn1)C(=O)OC(C)C. The van der Waals surface area contributed by atoms with Gasteiger partial charge in [0.15, 0.2) is 5.78 Å². The molecule has 0 aliphatic carbocycles. The Bertz CT molecular complexity index is 704. The first kappa shape index (κ1) is 14.9. The number of ketones is 1. The highest BCUT2D eigenvalue weighted by Crippen LogP contribution is 2.14. The number of pyridine rings is 1. The van der Waals surface area contributed by atoms with Gasteiger partial charge in [-0.15, -0.1) is 0 Å². The third-order valence-corrected chi connectivity index (χ3v) is 2.95. The summed E-state index contributed by atoms with van der Waals surface area (Å²) in [4.78, 5) is 27.9. The zero-order valence-corrected chi connectivity index (χ0v) is 12.1. The molecule has 0 unspecified atom stereocenters. The van der Waals surface area contributed by atoms with Gasteiger partial charge in [0.25, 0.3) is 0 Å². The number of carbonyl (C=O) groups is 2. The average Bonchev–Trinajstić information content (AvgIpc) is 2.45. The molecule has 4 heteroatoms. The van der Waals surface area contributed by atoms with Crippen molar-refractivity contribution in [2.45, 2.75) is 26.4 Å². The van der Waals surface area contributed by atoms with Crippen LogP contribution in [0.1, 0.15) is 19.5 Å². The molecule has 0 atom stereocenters. The Balaban J connectivity index is 2.10. The van der Waals surface area contributed by atoms with Crippen LogP contribution in [0.4, 0.5) is 0 Å². The number of aromatic nitrogens is 1. The molecule has 0 aliphatic rings. The van der Waals surface area contributed by atoms with Crippen LogP contribution in [0.2, 0.25) is 0 Å². The van der Waals surface area contributed by atoms with E-state index in [9.17, 15) is 9.59 Å². The Morgan fingerprint density at radius 1 is 1.24 bits per heavy atom. The molecule has 0 amide bonds. The highest BCUT2D eigenvalue weighted by Gasteiger charge is 2.19. The molecule has 21 heavy (non-hydrogen) atoms. The normalized spacial score (nSPS) is 10.6. The van der Waals surface area contributed by atoms with Gasteiger partial charge in [0.1, 0.15) is 0 Å². The van der Waals surface area contributed by atoms with E-state index < -0.39 is 5.97 Å². The number of nitrogens with zero attached hydrogens (tertiary/aromatic N) is 1. The van der Waals surface area contributed by atoms with Gasteiger partial charge in [-0.3, -0.25) is 9.78 Å². The van der Waals surface area contributed by atoms with Crippen molar-refractivity contribution in [3.05, 3.63) is 54.4 Å². The van der Waals surface area contributed by atoms with Gasteiger partial charge >= 0.3 is 5.97 Å². The van der Waals surface area contributed by atoms with Crippen molar-refractivity contribution in [3.63, 3.8) is 0 Å². The van der Waals surface area contributed by atoms with E-state index in [4.69, 9.17) is 4.74 Å². The monoisotopic (exact) mass is 283 g/mol. The molecule has 0 N–H and O–H groups in total. The fourth-order valence-corrected chi connectivity index (χ4v) is 1.90. The van der Waals surface area contributed by atoms with E-state index in [2.05, 4.69) is 11.6 Å². The van der Waals surface area contributed by atoms with E-state index >= 15 is 0 Å². The van der Waals surface area contributed by atoms with Gasteiger partial charge in [-0.1, -0.05) is 30.8 Å². The topological polar surface area (TPSA) is 56.3 Å². The smallest absolute Gasteiger partial charge is 0.341 e. The van der Waals surface area contributed by atoms with Crippen molar-refractivity contribution in [1.29, 1.82) is 0 Å². The highest BCUT2D eigenvalue weighted by molar-refractivity contribution is 6.17. The second-order valence-electron chi connectivity index (χ2n) is 5.06. The van der Waals surface area contributed by atoms with Crippen molar-refractivity contribution in [1.82, 2.24) is 4.98 Å². The Morgan fingerprint density at radius 2 is 1.90 bits per heavy atom. The Labute approximate surface area is 123 Å². The summed E-state index contributed by atoms with van der Waals surface area (Å²) in [5, 5.41) is 2.01. The summed E-state index contributed by atoms with van der Waals surface area (Å²) in [6.07, 6.45) is 1.48. The van der Waals surface area contributed by atoms with Gasteiger partial charge in [-0.2, -0.15) is 0 Å². The molecule has 0 spiro atoms. The number of esters is 1. The first-order valence-corrected chi connectivity index (χ1v) is 6.74. The maximum Gasteiger partial charge on any atom is 0.341 e. The maximum atomic E-state index is 12.0. The first-order valence-electron chi connectivity index (χ1n) is 6.74. The molecule has 2 rings (SSSR count). The van der Waals surface area contributed by atoms with E-state index in [-0.39, 0.29) is 23.9 Å². The van der Waals surface area contributed by atoms with Crippen molar-refractivity contribution in [3.8, 4) is 0 Å². The van der Waals surface area contributed by atoms with Crippen LogP contribution in [0.5, 0.6) is 0 Å². The van der Waals surface area contributed by atoms with E-state index in [1.54, 1.807) is 20.0 Å². The van der Waals surface area contributed by atoms with Crippen molar-refractivity contribution >= 4 is 22.5 Å². The van der Waals surface area contributed by atoms with Crippen LogP contribution >= 0.6 is 0 Å². The van der Waals surface area contributed by atoms with Gasteiger partial charge < -0.3 is 4.74 Å². The molecule has 4 nitrogen and oxygen atoms in total. The van der Waals surface area contributed by atoms with Crippen LogP contribution < -0.4 is 0 Å². The zero-order valence-electron chi connectivity index (χ0n) is 12.1. The fourth-order valence-electron chi connectivity index (χ4n) is 1.90. The van der Waals surface area contributed by atoms with Gasteiger partial charge in [0, 0.05) is 17.3 Å². The molecule has 0 fully saturated rings. The molecule has 0 aliphatic heterocycles. The molecule has 1 aromatic carbocycles. The minimum atomic E-state index is -0.671. The van der Waals surface area contributed by atoms with E-state index in [1.807, 2.05) is 30.3 Å². The fraction of sp³-hybridized carbons (Fsp3) is 0.235. The summed E-state index contributed by atoms with van der Waals surface area (Å²) in [6.45, 7) is 6.96. The highest BCUT2D eigenvalue weighted by atomic mass is 16.5. The van der Waals surface area contributed by atoms with Crippen molar-refractivity contribution < 1.29 is 14.3 Å². The summed E-state index contributed by atoms with van der Waals surface area (Å²) >= 11 is 0. The van der Waals surface area contributed by atoms with E-state index in [0.29, 0.717) is 5.69 Å². The predicted molar refractivity (Wildman–Crippen MR) is 80.8 cm³/mol. The minimum Gasteiger partial charge on any atom is -0.459 e. The van der Waals surface area contributed by atoms with Gasteiger partial charge in [-0.05, 0) is 25.3 Å². The maximum absolute atomic E-state index is 12.0. The number of fused-ring (bicyclic) bond motifs is 1. The van der Waals surface area contributed by atoms with Crippen LogP contribution in [0.3, 0.4) is 0 Å². The lowest BCUT2D eigenvalue weighted by Gasteiger charge is -2.09. The second-order valence-corrected chi connectivity index (χ2v) is 5.06. The van der Waals surface area contributed by atoms with Crippen LogP contribution in [0.25, 0.3) is 10.8 Å². The van der Waals surface area contributed by atoms with Crippen molar-refractivity contribution in [2.75, 3.05) is 0 Å². The van der Waals surface area contributed by atoms with Gasteiger partial charge in [-0.25, -0.2) is 4.79 Å². The predicted octanol–water partition coefficient (Wildman–Crippen LogP) is 2.85. The average molecular weight is 283 g/mol. The van der Waals surface area contributed by atoms with Crippen LogP contribution in [-0.2, 0) is 20.7 Å². The van der Waals surface area contributed by atoms with Gasteiger partial charge in [0.05, 0.1) is 18.1 Å². The molecule has 0 bridgehead atoms. The Kier molecular flexibility index (Phi) is 4.48. The Hall–Kier alpha value is -2.49. The van der Waals surface area contributed by atoms with Crippen molar-refractivity contribution in [2.24, 2.45) is 0 Å². The lowest BCUT2D eigenvalue weighted by atomic mass is 10.1. The lowest BCUT2D eigenvalue weighted by molar-refractivity contribution is -0.143. The largest absolute Gasteiger partial charge is 0.459 e. The standard InChI is InChI=1S/C17H17NO3/c1-11(2)21-17(20)12(3)16(19)9-15-8-13-6-4-5-7-14(13)10-18-15/h4-8,10-11H,3,9H2,1-2H3. The molecule has 1 heterocycles. The third-order valence-electron chi connectivity index (χ3n) is 2.95. The number of Topliss-reactive ketones (excluding diaryl/α,β-unsaturated/α-hetero) is 1. The van der Waals surface area contributed by atoms with E-state index in [0.717, 1.165) is 10.8 Å². The minimum absolute atomic E-state index is 0.0386. The number of carbonyl (C=O) groups excluding carboxylic acids is 2. The molecular formula is C17H17NO3. The summed E-state index contributed by atoms with van der Waals surface area (Å²) in [5.41, 5.74) is 0.468. The van der Waals surface area contributed by atoms with E-state index in [1.165, 1.54) is 0 Å². The zero-order chi connectivity index (χ0) is 15.4. The molecule has 0 radical (unpaired) electrons. The van der Waals surface area contributed by atoms with Crippen LogP contribution in [-0.4, -0.2) is 22.8 Å². The number of ether oxygens (including phenoxy) is 1. The first-order chi connectivity index (χ1) is 9.97. The summed E-state index contributed by atoms with van der Waals surface area (Å²) in [6, 6.07) is 9.60. The number of benzene rings is 1.